The van der Waals surface area contributed by atoms with Crippen LogP contribution in [0.2, 0.25) is 0 Å². The molecule has 0 bridgehead atoms. The molecule has 1 fully saturated rings. The number of likely N-dealkylation sites (tertiary alicyclic amines) is 1. The number of carbonyl (C=O) groups is 1. The highest BCUT2D eigenvalue weighted by Gasteiger charge is 2.29. The second kappa shape index (κ2) is 8.29. The van der Waals surface area contributed by atoms with E-state index in [1.54, 1.807) is 11.3 Å². The topological polar surface area (TPSA) is 50.2 Å². The highest BCUT2D eigenvalue weighted by atomic mass is 32.1. The van der Waals surface area contributed by atoms with Crippen molar-refractivity contribution in [3.8, 4) is 0 Å². The molecule has 1 saturated heterocycles. The van der Waals surface area contributed by atoms with Crippen molar-refractivity contribution in [1.29, 1.82) is 0 Å². The van der Waals surface area contributed by atoms with Crippen LogP contribution in [0.4, 0.5) is 5.13 Å². The van der Waals surface area contributed by atoms with E-state index in [-0.39, 0.29) is 5.91 Å². The van der Waals surface area contributed by atoms with Crippen LogP contribution in [-0.2, 0) is 18.3 Å². The Balaban J connectivity index is 1.35. The van der Waals surface area contributed by atoms with Crippen molar-refractivity contribution in [3.05, 3.63) is 70.5 Å². The number of hydrogen-bond acceptors (Lipinski definition) is 4. The second-order valence-electron chi connectivity index (χ2n) is 7.52. The summed E-state index contributed by atoms with van der Waals surface area (Å²) in [4.78, 5) is 20.4. The molecule has 1 unspecified atom stereocenters. The minimum Gasteiger partial charge on any atom is -0.353 e. The number of aromatic nitrogens is 2. The molecule has 5 nitrogen and oxygen atoms in total. The fourth-order valence-electron chi connectivity index (χ4n) is 3.98. The molecular weight excluding hydrogens is 368 g/mol. The van der Waals surface area contributed by atoms with Gasteiger partial charge in [0.15, 0.2) is 5.13 Å². The molecule has 4 rings (SSSR count). The Hall–Kier alpha value is -2.44. The molecule has 146 valence electrons. The van der Waals surface area contributed by atoms with Gasteiger partial charge in [0.1, 0.15) is 0 Å². The maximum Gasteiger partial charge on any atom is 0.240 e. The van der Waals surface area contributed by atoms with Gasteiger partial charge < -0.3 is 9.88 Å². The van der Waals surface area contributed by atoms with E-state index in [0.717, 1.165) is 30.7 Å². The Kier molecular flexibility index (Phi) is 5.59. The predicted octanol–water partition coefficient (Wildman–Crippen LogP) is 4.16. The molecule has 1 aliphatic rings. The van der Waals surface area contributed by atoms with Gasteiger partial charge in [-0.1, -0.05) is 29.8 Å². The second-order valence-corrected chi connectivity index (χ2v) is 8.63. The minimum absolute atomic E-state index is 0.0116. The molecule has 1 aliphatic heterocycles. The molecule has 3 heterocycles. The fourth-order valence-corrected chi connectivity index (χ4v) is 4.85. The molecule has 3 aromatic rings. The van der Waals surface area contributed by atoms with Crippen molar-refractivity contribution in [1.82, 2.24) is 14.5 Å². The van der Waals surface area contributed by atoms with Gasteiger partial charge in [-0.2, -0.15) is 0 Å². The van der Waals surface area contributed by atoms with Crippen LogP contribution in [0.5, 0.6) is 0 Å². The number of rotatable bonds is 6. The Morgan fingerprint density at radius 1 is 1.32 bits per heavy atom. The highest BCUT2D eigenvalue weighted by Crippen LogP contribution is 2.31. The van der Waals surface area contributed by atoms with Gasteiger partial charge in [0.2, 0.25) is 5.91 Å². The van der Waals surface area contributed by atoms with Crippen molar-refractivity contribution in [2.24, 2.45) is 7.05 Å². The lowest BCUT2D eigenvalue weighted by Gasteiger charge is -2.24. The SMILES string of the molecule is Cc1cccc(Cc2cnc(NC(=O)CN3CCCC3c3cccn3C)s2)c1. The number of nitrogens with one attached hydrogen (secondary N) is 1. The van der Waals surface area contributed by atoms with Crippen LogP contribution in [0.25, 0.3) is 0 Å². The van der Waals surface area contributed by atoms with Crippen LogP contribution in [0, 0.1) is 6.92 Å². The van der Waals surface area contributed by atoms with Gasteiger partial charge in [-0.15, -0.1) is 11.3 Å². The lowest BCUT2D eigenvalue weighted by atomic mass is 10.1. The average molecular weight is 395 g/mol. The molecule has 0 aliphatic carbocycles. The maximum absolute atomic E-state index is 12.6. The molecule has 0 radical (unpaired) electrons. The number of amides is 1. The van der Waals surface area contributed by atoms with Gasteiger partial charge in [-0.25, -0.2) is 4.98 Å². The zero-order valence-corrected chi connectivity index (χ0v) is 17.2. The van der Waals surface area contributed by atoms with Crippen LogP contribution in [0.3, 0.4) is 0 Å². The summed E-state index contributed by atoms with van der Waals surface area (Å²) in [6.45, 7) is 3.46. The first-order valence-corrected chi connectivity index (χ1v) is 10.6. The minimum atomic E-state index is 0.0116. The summed E-state index contributed by atoms with van der Waals surface area (Å²) in [7, 11) is 2.07. The standard InChI is InChI=1S/C22H26N4OS/c1-16-6-3-7-17(12-16)13-18-14-23-22(28-18)24-21(27)15-26-11-5-9-20(26)19-8-4-10-25(19)2/h3-4,6-8,10,12,14,20H,5,9,11,13,15H2,1-2H3,(H,23,24,27). The monoisotopic (exact) mass is 394 g/mol. The van der Waals surface area contributed by atoms with Crippen molar-refractivity contribution in [3.63, 3.8) is 0 Å². The number of hydrogen-bond donors (Lipinski definition) is 1. The van der Waals surface area contributed by atoms with Gasteiger partial charge in [0.05, 0.1) is 12.6 Å². The summed E-state index contributed by atoms with van der Waals surface area (Å²) in [6.07, 6.45) is 7.00. The molecule has 28 heavy (non-hydrogen) atoms. The molecule has 2 aromatic heterocycles. The zero-order valence-electron chi connectivity index (χ0n) is 16.4. The summed E-state index contributed by atoms with van der Waals surface area (Å²) >= 11 is 1.56. The summed E-state index contributed by atoms with van der Waals surface area (Å²) in [5.41, 5.74) is 3.80. The Morgan fingerprint density at radius 2 is 2.21 bits per heavy atom. The summed E-state index contributed by atoms with van der Waals surface area (Å²) in [5.74, 6) is 0.0116. The van der Waals surface area contributed by atoms with Gasteiger partial charge in [-0.3, -0.25) is 9.69 Å². The van der Waals surface area contributed by atoms with Crippen LogP contribution in [0.15, 0.2) is 48.8 Å². The van der Waals surface area contributed by atoms with Crippen molar-refractivity contribution in [2.75, 3.05) is 18.4 Å². The third-order valence-corrected chi connectivity index (χ3v) is 6.21. The van der Waals surface area contributed by atoms with Crippen LogP contribution >= 0.6 is 11.3 Å². The molecule has 1 atom stereocenters. The predicted molar refractivity (Wildman–Crippen MR) is 114 cm³/mol. The summed E-state index contributed by atoms with van der Waals surface area (Å²) in [5, 5.41) is 3.67. The average Bonchev–Trinajstić information content (AvgIpc) is 3.37. The van der Waals surface area contributed by atoms with Crippen molar-refractivity contribution in [2.45, 2.75) is 32.2 Å². The molecule has 1 amide bonds. The molecular formula is C22H26N4OS. The summed E-state index contributed by atoms with van der Waals surface area (Å²) in [6, 6.07) is 13.0. The van der Waals surface area contributed by atoms with Gasteiger partial charge >= 0.3 is 0 Å². The quantitative estimate of drug-likeness (QED) is 0.683. The van der Waals surface area contributed by atoms with E-state index in [1.807, 2.05) is 6.20 Å². The first-order valence-electron chi connectivity index (χ1n) is 9.74. The van der Waals surface area contributed by atoms with Crippen LogP contribution in [-0.4, -0.2) is 33.4 Å². The largest absolute Gasteiger partial charge is 0.353 e. The Labute approximate surface area is 170 Å². The molecule has 6 heteroatoms. The first kappa shape index (κ1) is 18.9. The number of anilines is 1. The fraction of sp³-hybridized carbons (Fsp3) is 0.364. The third-order valence-electron chi connectivity index (χ3n) is 5.30. The smallest absolute Gasteiger partial charge is 0.240 e. The molecule has 0 saturated carbocycles. The van der Waals surface area contributed by atoms with Gasteiger partial charge in [0.25, 0.3) is 0 Å². The number of carbonyl (C=O) groups excluding carboxylic acids is 1. The van der Waals surface area contributed by atoms with E-state index >= 15 is 0 Å². The lowest BCUT2D eigenvalue weighted by molar-refractivity contribution is -0.117. The molecule has 0 spiro atoms. The van der Waals surface area contributed by atoms with E-state index in [1.165, 1.54) is 16.8 Å². The van der Waals surface area contributed by atoms with E-state index in [0.29, 0.717) is 17.7 Å². The van der Waals surface area contributed by atoms with E-state index < -0.39 is 0 Å². The van der Waals surface area contributed by atoms with Gasteiger partial charge in [0, 0.05) is 36.4 Å². The number of nitrogens with zero attached hydrogens (tertiary/aromatic N) is 3. The zero-order chi connectivity index (χ0) is 19.5. The Bertz CT molecular complexity index is 961. The van der Waals surface area contributed by atoms with Crippen molar-refractivity contribution >= 4 is 22.4 Å². The van der Waals surface area contributed by atoms with Crippen LogP contribution in [0.1, 0.15) is 40.6 Å². The maximum atomic E-state index is 12.6. The molecule has 1 N–H and O–H groups in total. The Morgan fingerprint density at radius 3 is 3.00 bits per heavy atom. The third kappa shape index (κ3) is 4.34. The van der Waals surface area contributed by atoms with Gasteiger partial charge in [-0.05, 0) is 44.0 Å². The van der Waals surface area contributed by atoms with Crippen LogP contribution < -0.4 is 5.32 Å². The summed E-state index contributed by atoms with van der Waals surface area (Å²) < 4.78 is 2.15. The number of aryl methyl sites for hydroxylation is 2. The molecule has 1 aromatic carbocycles. The first-order chi connectivity index (χ1) is 13.6. The number of benzene rings is 1. The lowest BCUT2D eigenvalue weighted by Crippen LogP contribution is -2.33. The van der Waals surface area contributed by atoms with E-state index in [9.17, 15) is 4.79 Å². The van der Waals surface area contributed by atoms with E-state index in [2.05, 4.69) is 76.3 Å². The van der Waals surface area contributed by atoms with Crippen molar-refractivity contribution < 1.29 is 4.79 Å². The number of thiazole rings is 1. The van der Waals surface area contributed by atoms with E-state index in [4.69, 9.17) is 0 Å². The highest BCUT2D eigenvalue weighted by molar-refractivity contribution is 7.15. The normalized spacial score (nSPS) is 17.1.